The molecule has 0 heterocycles. The molecule has 0 spiro atoms. The van der Waals surface area contributed by atoms with Gasteiger partial charge in [-0.2, -0.15) is 0 Å². The van der Waals surface area contributed by atoms with Crippen LogP contribution in [0.3, 0.4) is 0 Å². The van der Waals surface area contributed by atoms with Gasteiger partial charge in [0.1, 0.15) is 0 Å². The summed E-state index contributed by atoms with van der Waals surface area (Å²) < 4.78 is 17.3. The second-order valence-electron chi connectivity index (χ2n) is 3.83. The Hall–Kier alpha value is 0.0169. The number of hydrogen-bond acceptors (Lipinski definition) is 5. The zero-order valence-corrected chi connectivity index (χ0v) is 13.3. The summed E-state index contributed by atoms with van der Waals surface area (Å²) in [6, 6.07) is 0.802. The van der Waals surface area contributed by atoms with Crippen LogP contribution in [0.2, 0.25) is 6.04 Å². The molecule has 0 aromatic heterocycles. The number of rotatable bonds is 13. The molecule has 0 aliphatic carbocycles. The molecule has 0 fully saturated rings. The van der Waals surface area contributed by atoms with Crippen molar-refractivity contribution in [3.05, 3.63) is 0 Å². The van der Waals surface area contributed by atoms with Crippen molar-refractivity contribution in [2.75, 3.05) is 33.0 Å². The van der Waals surface area contributed by atoms with Crippen molar-refractivity contribution >= 4 is 8.80 Å². The average molecular weight is 279 g/mol. The number of hydroxylamine groups is 1. The molecule has 18 heavy (non-hydrogen) atoms. The van der Waals surface area contributed by atoms with Gasteiger partial charge in [0.15, 0.2) is 0 Å². The van der Waals surface area contributed by atoms with E-state index < -0.39 is 8.80 Å². The van der Waals surface area contributed by atoms with Crippen LogP contribution < -0.4 is 5.48 Å². The van der Waals surface area contributed by atoms with Crippen molar-refractivity contribution in [1.29, 1.82) is 0 Å². The van der Waals surface area contributed by atoms with Crippen LogP contribution in [0.4, 0.5) is 0 Å². The van der Waals surface area contributed by atoms with Crippen molar-refractivity contribution in [2.45, 2.75) is 46.6 Å². The van der Waals surface area contributed by atoms with Crippen molar-refractivity contribution in [3.8, 4) is 0 Å². The first-order chi connectivity index (χ1) is 8.74. The first-order valence-electron chi connectivity index (χ1n) is 7.01. The first kappa shape index (κ1) is 18.0. The van der Waals surface area contributed by atoms with E-state index in [1.54, 1.807) is 0 Å². The van der Waals surface area contributed by atoms with Crippen molar-refractivity contribution in [1.82, 2.24) is 5.48 Å². The molecule has 0 aromatic carbocycles. The Morgan fingerprint density at radius 3 is 1.89 bits per heavy atom. The molecule has 5 nitrogen and oxygen atoms in total. The summed E-state index contributed by atoms with van der Waals surface area (Å²) in [7, 11) is -2.47. The van der Waals surface area contributed by atoms with E-state index in [2.05, 4.69) is 12.4 Å². The summed E-state index contributed by atoms with van der Waals surface area (Å²) in [5.41, 5.74) is 2.91. The average Bonchev–Trinajstić information content (AvgIpc) is 2.35. The third-order valence-electron chi connectivity index (χ3n) is 2.28. The summed E-state index contributed by atoms with van der Waals surface area (Å²) in [6.45, 7) is 11.4. The highest BCUT2D eigenvalue weighted by Gasteiger charge is 2.39. The van der Waals surface area contributed by atoms with Crippen LogP contribution in [-0.4, -0.2) is 41.8 Å². The molecule has 0 saturated heterocycles. The third kappa shape index (κ3) is 8.18. The van der Waals surface area contributed by atoms with Crippen molar-refractivity contribution in [2.24, 2.45) is 0 Å². The molecule has 0 aliphatic rings. The predicted molar refractivity (Wildman–Crippen MR) is 74.3 cm³/mol. The zero-order chi connectivity index (χ0) is 13.7. The molecule has 0 atom stereocenters. The normalized spacial score (nSPS) is 12.0. The van der Waals surface area contributed by atoms with Gasteiger partial charge in [-0.1, -0.05) is 6.92 Å². The first-order valence-corrected chi connectivity index (χ1v) is 8.94. The van der Waals surface area contributed by atoms with Gasteiger partial charge in [-0.15, -0.1) is 0 Å². The standard InChI is InChI=1S/C12H29NO4Si/c1-5-10-13-14-11-9-12-18(15-6-2,16-7-3)17-8-4/h13H,5-12H2,1-4H3. The second kappa shape index (κ2) is 12.1. The lowest BCUT2D eigenvalue weighted by atomic mass is 10.5. The van der Waals surface area contributed by atoms with Crippen LogP contribution in [0.1, 0.15) is 40.5 Å². The van der Waals surface area contributed by atoms with Crippen molar-refractivity contribution in [3.63, 3.8) is 0 Å². The predicted octanol–water partition coefficient (Wildman–Crippen LogP) is 2.36. The molecule has 0 unspecified atom stereocenters. The summed E-state index contributed by atoms with van der Waals surface area (Å²) in [5.74, 6) is 0. The number of nitrogens with one attached hydrogen (secondary N) is 1. The maximum absolute atomic E-state index is 5.76. The Kier molecular flexibility index (Phi) is 12.1. The van der Waals surface area contributed by atoms with E-state index in [4.69, 9.17) is 18.1 Å². The van der Waals surface area contributed by atoms with Gasteiger partial charge in [0.2, 0.25) is 0 Å². The minimum atomic E-state index is -2.47. The molecule has 0 aromatic rings. The van der Waals surface area contributed by atoms with Gasteiger partial charge < -0.3 is 18.1 Å². The van der Waals surface area contributed by atoms with Crippen LogP contribution in [0.15, 0.2) is 0 Å². The summed E-state index contributed by atoms with van der Waals surface area (Å²) in [5, 5.41) is 0. The molecule has 6 heteroatoms. The minimum Gasteiger partial charge on any atom is -0.374 e. The van der Waals surface area contributed by atoms with Gasteiger partial charge in [-0.05, 0) is 33.6 Å². The Bertz CT molecular complexity index is 166. The smallest absolute Gasteiger partial charge is 0.374 e. The second-order valence-corrected chi connectivity index (χ2v) is 6.56. The van der Waals surface area contributed by atoms with Crippen LogP contribution in [0.5, 0.6) is 0 Å². The van der Waals surface area contributed by atoms with Crippen LogP contribution in [0.25, 0.3) is 0 Å². The molecule has 0 amide bonds. The summed E-state index contributed by atoms with van der Waals surface area (Å²) in [6.07, 6.45) is 1.94. The molecule has 1 N–H and O–H groups in total. The maximum atomic E-state index is 5.76. The molecule has 0 bridgehead atoms. The molecule has 0 rings (SSSR count). The van der Waals surface area contributed by atoms with Crippen LogP contribution in [-0.2, 0) is 18.1 Å². The Labute approximate surface area is 112 Å². The third-order valence-corrected chi connectivity index (χ3v) is 5.43. The van der Waals surface area contributed by atoms with Crippen molar-refractivity contribution < 1.29 is 18.1 Å². The van der Waals surface area contributed by atoms with Gasteiger partial charge in [0.25, 0.3) is 0 Å². The summed E-state index contributed by atoms with van der Waals surface area (Å²) in [4.78, 5) is 5.31. The Morgan fingerprint density at radius 1 is 0.889 bits per heavy atom. The Morgan fingerprint density at radius 2 is 1.44 bits per heavy atom. The van der Waals surface area contributed by atoms with Gasteiger partial charge in [0.05, 0.1) is 6.61 Å². The van der Waals surface area contributed by atoms with E-state index in [-0.39, 0.29) is 0 Å². The maximum Gasteiger partial charge on any atom is 0.501 e. The monoisotopic (exact) mass is 279 g/mol. The number of hydrogen-bond donors (Lipinski definition) is 1. The summed E-state index contributed by atoms with van der Waals surface area (Å²) >= 11 is 0. The van der Waals surface area contributed by atoms with Crippen LogP contribution in [0, 0.1) is 0 Å². The SMILES string of the molecule is CCCNOCCC[Si](OCC)(OCC)OCC. The topological polar surface area (TPSA) is 49.0 Å². The molecule has 0 saturated carbocycles. The van der Waals surface area contributed by atoms with Gasteiger partial charge in [0, 0.05) is 32.4 Å². The molecular weight excluding hydrogens is 250 g/mol. The minimum absolute atomic E-state index is 0.626. The molecule has 110 valence electrons. The lowest BCUT2D eigenvalue weighted by molar-refractivity contribution is 0.0338. The molecule has 0 radical (unpaired) electrons. The molecular formula is C12H29NO4Si. The zero-order valence-electron chi connectivity index (χ0n) is 12.3. The highest BCUT2D eigenvalue weighted by Crippen LogP contribution is 2.17. The van der Waals surface area contributed by atoms with E-state index in [1.807, 2.05) is 20.8 Å². The van der Waals surface area contributed by atoms with E-state index >= 15 is 0 Å². The fraction of sp³-hybridized carbons (Fsp3) is 1.00. The fourth-order valence-electron chi connectivity index (χ4n) is 1.61. The Balaban J connectivity index is 3.97. The van der Waals surface area contributed by atoms with Crippen LogP contribution >= 0.6 is 0 Å². The quantitative estimate of drug-likeness (QED) is 0.319. The largest absolute Gasteiger partial charge is 0.501 e. The van der Waals surface area contributed by atoms with Gasteiger partial charge >= 0.3 is 8.80 Å². The fourth-order valence-corrected chi connectivity index (χ4v) is 4.19. The lowest BCUT2D eigenvalue weighted by Crippen LogP contribution is -2.46. The van der Waals surface area contributed by atoms with E-state index in [9.17, 15) is 0 Å². The highest BCUT2D eigenvalue weighted by molar-refractivity contribution is 6.60. The van der Waals surface area contributed by atoms with E-state index in [0.29, 0.717) is 26.4 Å². The lowest BCUT2D eigenvalue weighted by Gasteiger charge is -2.28. The van der Waals surface area contributed by atoms with Gasteiger partial charge in [-0.25, -0.2) is 5.48 Å². The molecule has 0 aliphatic heterocycles. The highest BCUT2D eigenvalue weighted by atomic mass is 28.4. The van der Waals surface area contributed by atoms with E-state index in [0.717, 1.165) is 25.4 Å². The van der Waals surface area contributed by atoms with E-state index in [1.165, 1.54) is 0 Å². The van der Waals surface area contributed by atoms with Gasteiger partial charge in [-0.3, -0.25) is 0 Å².